The Bertz CT molecular complexity index is 1010. The fourth-order valence-electron chi connectivity index (χ4n) is 3.73. The molecule has 2 aliphatic rings. The SMILES string of the molecule is CC(=O)Nc1cccc(-c2ccc3c(c2)CN(C2CCC(=O)NC2=O)C3=O)c1. The van der Waals surface area contributed by atoms with Crippen molar-refractivity contribution in [1.29, 1.82) is 0 Å². The van der Waals surface area contributed by atoms with E-state index < -0.39 is 11.9 Å². The molecule has 1 unspecified atom stereocenters. The molecule has 0 aromatic heterocycles. The summed E-state index contributed by atoms with van der Waals surface area (Å²) in [6.07, 6.45) is 0.577. The lowest BCUT2D eigenvalue weighted by molar-refractivity contribution is -0.137. The van der Waals surface area contributed by atoms with E-state index in [-0.39, 0.29) is 24.1 Å². The number of amides is 4. The van der Waals surface area contributed by atoms with Crippen molar-refractivity contribution in [3.05, 3.63) is 53.6 Å². The molecule has 4 rings (SSSR count). The number of hydrogen-bond donors (Lipinski definition) is 2. The van der Waals surface area contributed by atoms with Crippen LogP contribution in [0.15, 0.2) is 42.5 Å². The quantitative estimate of drug-likeness (QED) is 0.801. The minimum atomic E-state index is -0.621. The van der Waals surface area contributed by atoms with Crippen molar-refractivity contribution in [3.63, 3.8) is 0 Å². The Morgan fingerprint density at radius 1 is 1.11 bits per heavy atom. The van der Waals surface area contributed by atoms with Gasteiger partial charge in [0.2, 0.25) is 17.7 Å². The van der Waals surface area contributed by atoms with Crippen LogP contribution in [0.3, 0.4) is 0 Å². The van der Waals surface area contributed by atoms with Gasteiger partial charge in [-0.05, 0) is 47.4 Å². The van der Waals surface area contributed by atoms with Crippen molar-refractivity contribution >= 4 is 29.3 Å². The number of nitrogens with one attached hydrogen (secondary N) is 2. The molecule has 7 heteroatoms. The van der Waals surface area contributed by atoms with Gasteiger partial charge >= 0.3 is 0 Å². The van der Waals surface area contributed by atoms with Gasteiger partial charge in [0, 0.05) is 31.1 Å². The summed E-state index contributed by atoms with van der Waals surface area (Å²) in [5.74, 6) is -1.05. The molecule has 2 aromatic rings. The monoisotopic (exact) mass is 377 g/mol. The number of anilines is 1. The fraction of sp³-hybridized carbons (Fsp3) is 0.238. The van der Waals surface area contributed by atoms with Gasteiger partial charge in [0.25, 0.3) is 5.91 Å². The largest absolute Gasteiger partial charge is 0.326 e. The Kier molecular flexibility index (Phi) is 4.43. The Morgan fingerprint density at radius 2 is 1.89 bits per heavy atom. The smallest absolute Gasteiger partial charge is 0.255 e. The topological polar surface area (TPSA) is 95.6 Å². The second kappa shape index (κ2) is 6.92. The van der Waals surface area contributed by atoms with E-state index in [0.29, 0.717) is 24.2 Å². The van der Waals surface area contributed by atoms with Crippen LogP contribution in [0.4, 0.5) is 5.69 Å². The first-order chi connectivity index (χ1) is 13.4. The highest BCUT2D eigenvalue weighted by Crippen LogP contribution is 2.31. The zero-order valence-electron chi connectivity index (χ0n) is 15.3. The Hall–Kier alpha value is -3.48. The minimum Gasteiger partial charge on any atom is -0.326 e. The van der Waals surface area contributed by atoms with Crippen molar-refractivity contribution in [2.45, 2.75) is 32.4 Å². The summed E-state index contributed by atoms with van der Waals surface area (Å²) in [5, 5.41) is 5.07. The first-order valence-electron chi connectivity index (χ1n) is 9.08. The molecule has 28 heavy (non-hydrogen) atoms. The fourth-order valence-corrected chi connectivity index (χ4v) is 3.73. The second-order valence-corrected chi connectivity index (χ2v) is 7.03. The van der Waals surface area contributed by atoms with Crippen LogP contribution in [-0.2, 0) is 20.9 Å². The lowest BCUT2D eigenvalue weighted by Gasteiger charge is -2.29. The zero-order chi connectivity index (χ0) is 19.8. The Morgan fingerprint density at radius 3 is 2.64 bits per heavy atom. The van der Waals surface area contributed by atoms with Gasteiger partial charge in [-0.1, -0.05) is 18.2 Å². The van der Waals surface area contributed by atoms with Gasteiger partial charge in [-0.25, -0.2) is 0 Å². The maximum absolute atomic E-state index is 12.8. The van der Waals surface area contributed by atoms with Gasteiger partial charge in [-0.15, -0.1) is 0 Å². The van der Waals surface area contributed by atoms with Crippen molar-refractivity contribution in [3.8, 4) is 11.1 Å². The average molecular weight is 377 g/mol. The molecular weight excluding hydrogens is 358 g/mol. The van der Waals surface area contributed by atoms with Crippen LogP contribution in [0.1, 0.15) is 35.7 Å². The lowest BCUT2D eigenvalue weighted by Crippen LogP contribution is -2.52. The third-order valence-electron chi connectivity index (χ3n) is 5.04. The van der Waals surface area contributed by atoms with Crippen LogP contribution < -0.4 is 10.6 Å². The van der Waals surface area contributed by atoms with Gasteiger partial charge in [-0.3, -0.25) is 24.5 Å². The van der Waals surface area contributed by atoms with Crippen LogP contribution in [0, 0.1) is 0 Å². The summed E-state index contributed by atoms with van der Waals surface area (Å²) in [4.78, 5) is 49.1. The van der Waals surface area contributed by atoms with E-state index in [1.807, 2.05) is 36.4 Å². The van der Waals surface area contributed by atoms with Crippen molar-refractivity contribution < 1.29 is 19.2 Å². The number of piperidine rings is 1. The van der Waals surface area contributed by atoms with E-state index in [4.69, 9.17) is 0 Å². The van der Waals surface area contributed by atoms with Crippen LogP contribution >= 0.6 is 0 Å². The molecule has 1 saturated heterocycles. The predicted molar refractivity (Wildman–Crippen MR) is 102 cm³/mol. The number of nitrogens with zero attached hydrogens (tertiary/aromatic N) is 1. The maximum atomic E-state index is 12.8. The molecule has 0 spiro atoms. The highest BCUT2D eigenvalue weighted by atomic mass is 16.2. The first-order valence-corrected chi connectivity index (χ1v) is 9.08. The number of imide groups is 1. The third kappa shape index (κ3) is 3.26. The standard InChI is InChI=1S/C21H19N3O4/c1-12(25)22-16-4-2-3-13(10-16)14-5-6-17-15(9-14)11-24(21(17)28)18-7-8-19(26)23-20(18)27/h2-6,9-10,18H,7-8,11H2,1H3,(H,22,25)(H,23,26,27). The molecule has 7 nitrogen and oxygen atoms in total. The molecule has 1 fully saturated rings. The van der Waals surface area contributed by atoms with Crippen molar-refractivity contribution in [2.24, 2.45) is 0 Å². The second-order valence-electron chi connectivity index (χ2n) is 7.03. The molecule has 0 saturated carbocycles. The number of carbonyl (C=O) groups excluding carboxylic acids is 4. The number of carbonyl (C=O) groups is 4. The minimum absolute atomic E-state index is 0.142. The highest BCUT2D eigenvalue weighted by Gasteiger charge is 2.39. The summed E-state index contributed by atoms with van der Waals surface area (Å²) >= 11 is 0. The molecule has 142 valence electrons. The molecule has 1 atom stereocenters. The molecule has 2 aromatic carbocycles. The molecule has 0 bridgehead atoms. The van der Waals surface area contributed by atoms with Gasteiger partial charge in [0.1, 0.15) is 6.04 Å². The van der Waals surface area contributed by atoms with E-state index >= 15 is 0 Å². The molecule has 4 amide bonds. The first kappa shape index (κ1) is 17.9. The average Bonchev–Trinajstić information content (AvgIpc) is 2.97. The molecular formula is C21H19N3O4. The van der Waals surface area contributed by atoms with E-state index in [0.717, 1.165) is 16.7 Å². The van der Waals surface area contributed by atoms with Crippen LogP contribution in [0.25, 0.3) is 11.1 Å². The summed E-state index contributed by atoms with van der Waals surface area (Å²) in [7, 11) is 0. The Balaban J connectivity index is 1.60. The maximum Gasteiger partial charge on any atom is 0.255 e. The van der Waals surface area contributed by atoms with Crippen LogP contribution in [0.2, 0.25) is 0 Å². The number of benzene rings is 2. The van der Waals surface area contributed by atoms with Crippen molar-refractivity contribution in [1.82, 2.24) is 10.2 Å². The van der Waals surface area contributed by atoms with E-state index in [2.05, 4.69) is 10.6 Å². The summed E-state index contributed by atoms with van der Waals surface area (Å²) < 4.78 is 0. The van der Waals surface area contributed by atoms with Gasteiger partial charge < -0.3 is 10.2 Å². The molecule has 2 aliphatic heterocycles. The number of rotatable bonds is 3. The Labute approximate surface area is 161 Å². The zero-order valence-corrected chi connectivity index (χ0v) is 15.3. The highest BCUT2D eigenvalue weighted by molar-refractivity contribution is 6.05. The predicted octanol–water partition coefficient (Wildman–Crippen LogP) is 2.07. The molecule has 0 aliphatic carbocycles. The van der Waals surface area contributed by atoms with Crippen LogP contribution in [-0.4, -0.2) is 34.6 Å². The van der Waals surface area contributed by atoms with Gasteiger partial charge in [-0.2, -0.15) is 0 Å². The summed E-state index contributed by atoms with van der Waals surface area (Å²) in [6, 6.07) is 12.4. The lowest BCUT2D eigenvalue weighted by atomic mass is 10.00. The van der Waals surface area contributed by atoms with E-state index in [1.165, 1.54) is 11.8 Å². The number of hydrogen-bond acceptors (Lipinski definition) is 4. The summed E-state index contributed by atoms with van der Waals surface area (Å²) in [6.45, 7) is 1.79. The van der Waals surface area contributed by atoms with Gasteiger partial charge in [0.05, 0.1) is 0 Å². The summed E-state index contributed by atoms with van der Waals surface area (Å²) in [5.41, 5.74) is 3.96. The van der Waals surface area contributed by atoms with E-state index in [1.54, 1.807) is 6.07 Å². The van der Waals surface area contributed by atoms with Crippen molar-refractivity contribution in [2.75, 3.05) is 5.32 Å². The third-order valence-corrected chi connectivity index (χ3v) is 5.04. The molecule has 2 heterocycles. The molecule has 2 N–H and O–H groups in total. The number of fused-ring (bicyclic) bond motifs is 1. The van der Waals surface area contributed by atoms with Gasteiger partial charge in [0.15, 0.2) is 0 Å². The van der Waals surface area contributed by atoms with E-state index in [9.17, 15) is 19.2 Å². The van der Waals surface area contributed by atoms with Crippen LogP contribution in [0.5, 0.6) is 0 Å². The normalized spacial score (nSPS) is 18.7. The molecule has 0 radical (unpaired) electrons.